The van der Waals surface area contributed by atoms with Gasteiger partial charge >= 0.3 is 5.97 Å². The van der Waals surface area contributed by atoms with Gasteiger partial charge in [0.05, 0.1) is 18.0 Å². The van der Waals surface area contributed by atoms with E-state index in [4.69, 9.17) is 10.8 Å². The standard InChI is InChI=1S/C14H13N5O2/c1-19-14-10(7-16-19)12(15)17-13(18-14)9-4-2-3-8(5-9)6-11(20)21/h2-5,7H,6H2,1H3,(H,20,21)(H2,15,17,18). The monoisotopic (exact) mass is 283 g/mol. The summed E-state index contributed by atoms with van der Waals surface area (Å²) in [5.41, 5.74) is 7.98. The first kappa shape index (κ1) is 13.0. The fourth-order valence-electron chi connectivity index (χ4n) is 2.17. The molecule has 7 heteroatoms. The summed E-state index contributed by atoms with van der Waals surface area (Å²) < 4.78 is 1.62. The van der Waals surface area contributed by atoms with Crippen molar-refractivity contribution in [1.29, 1.82) is 0 Å². The number of fused-ring (bicyclic) bond motifs is 1. The van der Waals surface area contributed by atoms with Crippen LogP contribution in [0.4, 0.5) is 5.82 Å². The van der Waals surface area contributed by atoms with Crippen LogP contribution in [-0.4, -0.2) is 30.8 Å². The first-order valence-electron chi connectivity index (χ1n) is 6.31. The Bertz CT molecular complexity index is 840. The molecule has 0 bridgehead atoms. The van der Waals surface area contributed by atoms with E-state index in [9.17, 15) is 4.79 Å². The molecule has 7 nitrogen and oxygen atoms in total. The number of benzene rings is 1. The van der Waals surface area contributed by atoms with Crippen LogP contribution >= 0.6 is 0 Å². The van der Waals surface area contributed by atoms with Crippen LogP contribution in [0.3, 0.4) is 0 Å². The Morgan fingerprint density at radius 2 is 2.19 bits per heavy atom. The number of carbonyl (C=O) groups is 1. The lowest BCUT2D eigenvalue weighted by Crippen LogP contribution is -2.02. The molecule has 0 fully saturated rings. The van der Waals surface area contributed by atoms with Crippen LogP contribution in [0.5, 0.6) is 0 Å². The number of aromatic nitrogens is 4. The molecule has 0 atom stereocenters. The normalized spacial score (nSPS) is 10.9. The molecule has 21 heavy (non-hydrogen) atoms. The number of hydrogen-bond acceptors (Lipinski definition) is 5. The van der Waals surface area contributed by atoms with E-state index in [-0.39, 0.29) is 6.42 Å². The molecule has 0 aliphatic carbocycles. The zero-order valence-electron chi connectivity index (χ0n) is 11.3. The van der Waals surface area contributed by atoms with Crippen molar-refractivity contribution in [1.82, 2.24) is 19.7 Å². The molecule has 0 saturated heterocycles. The third-order valence-corrected chi connectivity index (χ3v) is 3.16. The quantitative estimate of drug-likeness (QED) is 0.749. The zero-order valence-corrected chi connectivity index (χ0v) is 11.3. The van der Waals surface area contributed by atoms with Gasteiger partial charge in [-0.15, -0.1) is 0 Å². The number of aryl methyl sites for hydroxylation is 1. The summed E-state index contributed by atoms with van der Waals surface area (Å²) in [6.45, 7) is 0. The maximum Gasteiger partial charge on any atom is 0.307 e. The molecule has 0 saturated carbocycles. The second-order valence-electron chi connectivity index (χ2n) is 4.71. The lowest BCUT2D eigenvalue weighted by molar-refractivity contribution is -0.136. The predicted molar refractivity (Wildman–Crippen MR) is 77.5 cm³/mol. The molecule has 0 spiro atoms. The Hall–Kier alpha value is -2.96. The number of nitrogens with zero attached hydrogens (tertiary/aromatic N) is 4. The van der Waals surface area contributed by atoms with Crippen molar-refractivity contribution in [3.05, 3.63) is 36.0 Å². The minimum absolute atomic E-state index is 0.0444. The van der Waals surface area contributed by atoms with E-state index in [0.29, 0.717) is 28.2 Å². The van der Waals surface area contributed by atoms with Crippen LogP contribution in [0, 0.1) is 0 Å². The van der Waals surface area contributed by atoms with Crippen LogP contribution in [-0.2, 0) is 18.3 Å². The molecule has 3 rings (SSSR count). The third kappa shape index (κ3) is 2.40. The highest BCUT2D eigenvalue weighted by molar-refractivity contribution is 5.86. The van der Waals surface area contributed by atoms with E-state index in [1.165, 1.54) is 0 Å². The summed E-state index contributed by atoms with van der Waals surface area (Å²) >= 11 is 0. The smallest absolute Gasteiger partial charge is 0.307 e. The average Bonchev–Trinajstić information content (AvgIpc) is 2.81. The SMILES string of the molecule is Cn1ncc2c(N)nc(-c3cccc(CC(=O)O)c3)nc21. The molecule has 0 aliphatic heterocycles. The number of carboxylic acid groups (broad SMARTS) is 1. The molecule has 0 amide bonds. The maximum atomic E-state index is 10.8. The van der Waals surface area contributed by atoms with Crippen LogP contribution < -0.4 is 5.73 Å². The van der Waals surface area contributed by atoms with Gasteiger partial charge in [-0.3, -0.25) is 9.48 Å². The number of nitrogen functional groups attached to an aromatic ring is 1. The van der Waals surface area contributed by atoms with Crippen molar-refractivity contribution in [2.45, 2.75) is 6.42 Å². The summed E-state index contributed by atoms with van der Waals surface area (Å²) in [4.78, 5) is 19.5. The van der Waals surface area contributed by atoms with Gasteiger partial charge in [0.2, 0.25) is 0 Å². The van der Waals surface area contributed by atoms with Gasteiger partial charge in [0.25, 0.3) is 0 Å². The lowest BCUT2D eigenvalue weighted by atomic mass is 10.1. The number of rotatable bonds is 3. The zero-order chi connectivity index (χ0) is 15.0. The number of carboxylic acids is 1. The van der Waals surface area contributed by atoms with Gasteiger partial charge in [-0.25, -0.2) is 9.97 Å². The predicted octanol–water partition coefficient (Wildman–Crippen LogP) is 1.24. The van der Waals surface area contributed by atoms with Crippen LogP contribution in [0.15, 0.2) is 30.5 Å². The summed E-state index contributed by atoms with van der Waals surface area (Å²) in [6.07, 6.45) is 1.58. The van der Waals surface area contributed by atoms with Gasteiger partial charge in [-0.1, -0.05) is 18.2 Å². The third-order valence-electron chi connectivity index (χ3n) is 3.16. The Labute approximate surface area is 120 Å². The van der Waals surface area contributed by atoms with Gasteiger partial charge in [0.15, 0.2) is 11.5 Å². The second kappa shape index (κ2) is 4.86. The van der Waals surface area contributed by atoms with E-state index in [0.717, 1.165) is 5.56 Å². The molecule has 1 aromatic carbocycles. The minimum Gasteiger partial charge on any atom is -0.481 e. The number of anilines is 1. The van der Waals surface area contributed by atoms with Crippen molar-refractivity contribution >= 4 is 22.8 Å². The molecule has 0 unspecified atom stereocenters. The number of aliphatic carboxylic acids is 1. The largest absolute Gasteiger partial charge is 0.481 e. The Morgan fingerprint density at radius 3 is 2.95 bits per heavy atom. The summed E-state index contributed by atoms with van der Waals surface area (Å²) in [5.74, 6) is -0.0720. The first-order valence-corrected chi connectivity index (χ1v) is 6.31. The summed E-state index contributed by atoms with van der Waals surface area (Å²) in [5, 5.41) is 13.7. The fraction of sp³-hybridized carbons (Fsp3) is 0.143. The molecule has 0 aliphatic rings. The molecule has 2 aromatic heterocycles. The Morgan fingerprint density at radius 1 is 1.38 bits per heavy atom. The average molecular weight is 283 g/mol. The van der Waals surface area contributed by atoms with E-state index < -0.39 is 5.97 Å². The van der Waals surface area contributed by atoms with Gasteiger partial charge in [-0.05, 0) is 11.6 Å². The van der Waals surface area contributed by atoms with Gasteiger partial charge in [0.1, 0.15) is 5.82 Å². The first-order chi connectivity index (χ1) is 10.0. The van der Waals surface area contributed by atoms with E-state index in [1.807, 2.05) is 6.07 Å². The maximum absolute atomic E-state index is 10.8. The van der Waals surface area contributed by atoms with Crippen LogP contribution in [0.2, 0.25) is 0 Å². The highest BCUT2D eigenvalue weighted by Crippen LogP contribution is 2.23. The Balaban J connectivity index is 2.11. The highest BCUT2D eigenvalue weighted by atomic mass is 16.4. The van der Waals surface area contributed by atoms with Gasteiger partial charge in [0, 0.05) is 12.6 Å². The fourth-order valence-corrected chi connectivity index (χ4v) is 2.17. The van der Waals surface area contributed by atoms with Crippen LogP contribution in [0.1, 0.15) is 5.56 Å². The highest BCUT2D eigenvalue weighted by Gasteiger charge is 2.11. The summed E-state index contributed by atoms with van der Waals surface area (Å²) in [7, 11) is 1.78. The lowest BCUT2D eigenvalue weighted by Gasteiger charge is -2.05. The molecule has 3 N–H and O–H groups in total. The van der Waals surface area contributed by atoms with Crippen molar-refractivity contribution in [2.24, 2.45) is 7.05 Å². The van der Waals surface area contributed by atoms with Crippen molar-refractivity contribution in [3.63, 3.8) is 0 Å². The van der Waals surface area contributed by atoms with Gasteiger partial charge < -0.3 is 10.8 Å². The van der Waals surface area contributed by atoms with Gasteiger partial charge in [-0.2, -0.15) is 5.10 Å². The minimum atomic E-state index is -0.880. The molecule has 0 radical (unpaired) electrons. The number of nitrogens with two attached hydrogens (primary N) is 1. The Kier molecular flexibility index (Phi) is 3.02. The van der Waals surface area contributed by atoms with Crippen molar-refractivity contribution in [3.8, 4) is 11.4 Å². The molecule has 106 valence electrons. The topological polar surface area (TPSA) is 107 Å². The molecular formula is C14H13N5O2. The van der Waals surface area contributed by atoms with E-state index in [1.54, 1.807) is 36.1 Å². The molecule has 3 aromatic rings. The number of hydrogen-bond donors (Lipinski definition) is 2. The van der Waals surface area contributed by atoms with Crippen LogP contribution in [0.25, 0.3) is 22.4 Å². The van der Waals surface area contributed by atoms with E-state index in [2.05, 4.69) is 15.1 Å². The van der Waals surface area contributed by atoms with Crippen molar-refractivity contribution < 1.29 is 9.90 Å². The van der Waals surface area contributed by atoms with Crippen molar-refractivity contribution in [2.75, 3.05) is 5.73 Å². The van der Waals surface area contributed by atoms with E-state index >= 15 is 0 Å². The molecular weight excluding hydrogens is 270 g/mol. The summed E-state index contributed by atoms with van der Waals surface area (Å²) in [6, 6.07) is 7.11. The molecule has 2 heterocycles. The second-order valence-corrected chi connectivity index (χ2v) is 4.71.